The van der Waals surface area contributed by atoms with Gasteiger partial charge in [0, 0.05) is 31.2 Å². The van der Waals surface area contributed by atoms with Gasteiger partial charge in [-0.05, 0) is 12.1 Å². The molecule has 6 heteroatoms. The number of nitrogens with one attached hydrogen (secondary N) is 3. The van der Waals surface area contributed by atoms with E-state index in [1.165, 1.54) is 0 Å². The van der Waals surface area contributed by atoms with Crippen LogP contribution in [0.15, 0.2) is 30.6 Å². The summed E-state index contributed by atoms with van der Waals surface area (Å²) in [6.45, 7) is 0. The van der Waals surface area contributed by atoms with E-state index in [-0.39, 0.29) is 5.91 Å². The highest BCUT2D eigenvalue weighted by Crippen LogP contribution is 2.08. The monoisotopic (exact) mass is 217 g/mol. The van der Waals surface area contributed by atoms with Crippen LogP contribution in [0.2, 0.25) is 0 Å². The average Bonchev–Trinajstić information content (AvgIpc) is 2.79. The van der Waals surface area contributed by atoms with Crippen molar-refractivity contribution < 1.29 is 4.79 Å². The molecule has 0 aliphatic rings. The van der Waals surface area contributed by atoms with Gasteiger partial charge in [-0.25, -0.2) is 0 Å². The number of aromatic amines is 1. The van der Waals surface area contributed by atoms with Crippen LogP contribution in [0.1, 0.15) is 10.5 Å². The van der Waals surface area contributed by atoms with Crippen molar-refractivity contribution in [2.75, 3.05) is 17.7 Å². The number of rotatable bonds is 3. The third-order valence-corrected chi connectivity index (χ3v) is 2.02. The molecule has 0 aromatic carbocycles. The highest BCUT2D eigenvalue weighted by atomic mass is 16.1. The summed E-state index contributed by atoms with van der Waals surface area (Å²) in [5, 5.41) is 12.1. The molecule has 16 heavy (non-hydrogen) atoms. The largest absolute Gasteiger partial charge is 0.372 e. The van der Waals surface area contributed by atoms with Crippen LogP contribution < -0.4 is 10.6 Å². The Hall–Kier alpha value is -2.37. The van der Waals surface area contributed by atoms with Gasteiger partial charge in [-0.15, -0.1) is 0 Å². The number of nitrogens with zero attached hydrogens (tertiary/aromatic N) is 2. The number of carbonyl (C=O) groups excluding carboxylic acids is 1. The Morgan fingerprint density at radius 1 is 1.38 bits per heavy atom. The van der Waals surface area contributed by atoms with Crippen molar-refractivity contribution >= 4 is 17.4 Å². The van der Waals surface area contributed by atoms with Gasteiger partial charge in [0.15, 0.2) is 0 Å². The van der Waals surface area contributed by atoms with E-state index in [0.29, 0.717) is 17.2 Å². The molecular formula is C10H11N5O. The third kappa shape index (κ3) is 2.17. The summed E-state index contributed by atoms with van der Waals surface area (Å²) >= 11 is 0. The van der Waals surface area contributed by atoms with Crippen LogP contribution >= 0.6 is 0 Å². The van der Waals surface area contributed by atoms with Crippen LogP contribution in [0, 0.1) is 0 Å². The second-order valence-electron chi connectivity index (χ2n) is 3.11. The first-order valence-electron chi connectivity index (χ1n) is 4.74. The van der Waals surface area contributed by atoms with Crippen LogP contribution in [0.3, 0.4) is 0 Å². The molecule has 0 fully saturated rings. The molecule has 6 nitrogen and oxygen atoms in total. The molecule has 2 heterocycles. The summed E-state index contributed by atoms with van der Waals surface area (Å²) in [5.74, 6) is 0.389. The van der Waals surface area contributed by atoms with E-state index in [1.807, 2.05) is 0 Å². The quantitative estimate of drug-likeness (QED) is 0.719. The number of aromatic nitrogens is 3. The number of amides is 1. The summed E-state index contributed by atoms with van der Waals surface area (Å²) < 4.78 is 0. The van der Waals surface area contributed by atoms with Gasteiger partial charge in [0.2, 0.25) is 0 Å². The van der Waals surface area contributed by atoms with Gasteiger partial charge in [0.05, 0.1) is 0 Å². The molecule has 0 aliphatic heterocycles. The van der Waals surface area contributed by atoms with Gasteiger partial charge in [0.1, 0.15) is 11.5 Å². The SMILES string of the molecule is CNc1cc(C(=O)Nc2ccncc2)[nH]n1. The molecule has 0 atom stereocenters. The third-order valence-electron chi connectivity index (χ3n) is 2.02. The Labute approximate surface area is 92.1 Å². The molecule has 1 amide bonds. The Kier molecular flexibility index (Phi) is 2.81. The van der Waals surface area contributed by atoms with Crippen molar-refractivity contribution in [3.63, 3.8) is 0 Å². The van der Waals surface area contributed by atoms with E-state index >= 15 is 0 Å². The Balaban J connectivity index is 2.09. The van der Waals surface area contributed by atoms with Crippen molar-refractivity contribution in [2.24, 2.45) is 0 Å². The molecule has 0 saturated carbocycles. The first-order valence-corrected chi connectivity index (χ1v) is 4.74. The van der Waals surface area contributed by atoms with Crippen molar-refractivity contribution in [1.82, 2.24) is 15.2 Å². The van der Waals surface area contributed by atoms with Crippen LogP contribution in [0.5, 0.6) is 0 Å². The lowest BCUT2D eigenvalue weighted by molar-refractivity contribution is 0.102. The molecule has 0 bridgehead atoms. The minimum atomic E-state index is -0.236. The van der Waals surface area contributed by atoms with E-state index in [4.69, 9.17) is 0 Å². The zero-order chi connectivity index (χ0) is 11.4. The van der Waals surface area contributed by atoms with Gasteiger partial charge in [0.25, 0.3) is 5.91 Å². The molecule has 0 unspecified atom stereocenters. The topological polar surface area (TPSA) is 82.7 Å². The average molecular weight is 217 g/mol. The lowest BCUT2D eigenvalue weighted by atomic mass is 10.3. The van der Waals surface area contributed by atoms with E-state index in [0.717, 1.165) is 0 Å². The predicted molar refractivity (Wildman–Crippen MR) is 60.3 cm³/mol. The summed E-state index contributed by atoms with van der Waals surface area (Å²) in [7, 11) is 1.74. The van der Waals surface area contributed by atoms with Gasteiger partial charge in [-0.2, -0.15) is 5.10 Å². The summed E-state index contributed by atoms with van der Waals surface area (Å²) in [6, 6.07) is 5.07. The van der Waals surface area contributed by atoms with Gasteiger partial charge < -0.3 is 10.6 Å². The van der Waals surface area contributed by atoms with Crippen LogP contribution in [-0.2, 0) is 0 Å². The molecule has 0 aliphatic carbocycles. The molecule has 2 aromatic heterocycles. The lowest BCUT2D eigenvalue weighted by Crippen LogP contribution is -2.12. The first kappa shape index (κ1) is 10.2. The number of hydrogen-bond acceptors (Lipinski definition) is 4. The maximum Gasteiger partial charge on any atom is 0.273 e. The van der Waals surface area contributed by atoms with Crippen LogP contribution in [-0.4, -0.2) is 28.1 Å². The minimum Gasteiger partial charge on any atom is -0.372 e. The fourth-order valence-corrected chi connectivity index (χ4v) is 1.20. The molecule has 0 spiro atoms. The highest BCUT2D eigenvalue weighted by molar-refractivity contribution is 6.03. The van der Waals surface area contributed by atoms with Crippen molar-refractivity contribution in [1.29, 1.82) is 0 Å². The van der Waals surface area contributed by atoms with Gasteiger partial charge in [-0.1, -0.05) is 0 Å². The molecular weight excluding hydrogens is 206 g/mol. The molecule has 0 radical (unpaired) electrons. The van der Waals surface area contributed by atoms with E-state index in [9.17, 15) is 4.79 Å². The normalized spacial score (nSPS) is 9.81. The fourth-order valence-electron chi connectivity index (χ4n) is 1.20. The van der Waals surface area contributed by atoms with Crippen LogP contribution in [0.4, 0.5) is 11.5 Å². The minimum absolute atomic E-state index is 0.236. The molecule has 2 rings (SSSR count). The molecule has 0 saturated heterocycles. The van der Waals surface area contributed by atoms with Gasteiger partial charge in [-0.3, -0.25) is 14.9 Å². The number of pyridine rings is 1. The summed E-state index contributed by atoms with van der Waals surface area (Å²) in [4.78, 5) is 15.6. The van der Waals surface area contributed by atoms with E-state index < -0.39 is 0 Å². The zero-order valence-electron chi connectivity index (χ0n) is 8.69. The molecule has 2 aromatic rings. The number of anilines is 2. The first-order chi connectivity index (χ1) is 7.79. The number of H-pyrrole nitrogens is 1. The second kappa shape index (κ2) is 4.43. The lowest BCUT2D eigenvalue weighted by Gasteiger charge is -2.01. The summed E-state index contributed by atoms with van der Waals surface area (Å²) in [6.07, 6.45) is 3.23. The Bertz CT molecular complexity index is 479. The Morgan fingerprint density at radius 3 is 2.75 bits per heavy atom. The fraction of sp³-hybridized carbons (Fsp3) is 0.100. The second-order valence-corrected chi connectivity index (χ2v) is 3.11. The van der Waals surface area contributed by atoms with Crippen molar-refractivity contribution in [3.8, 4) is 0 Å². The van der Waals surface area contributed by atoms with Crippen molar-refractivity contribution in [2.45, 2.75) is 0 Å². The zero-order valence-corrected chi connectivity index (χ0v) is 8.69. The van der Waals surface area contributed by atoms with Crippen LogP contribution in [0.25, 0.3) is 0 Å². The maximum atomic E-state index is 11.7. The van der Waals surface area contributed by atoms with E-state index in [1.54, 1.807) is 37.6 Å². The maximum absolute atomic E-state index is 11.7. The predicted octanol–water partition coefficient (Wildman–Crippen LogP) is 1.10. The Morgan fingerprint density at radius 2 is 2.12 bits per heavy atom. The van der Waals surface area contributed by atoms with Gasteiger partial charge >= 0.3 is 0 Å². The molecule has 3 N–H and O–H groups in total. The number of carbonyl (C=O) groups is 1. The van der Waals surface area contributed by atoms with Crippen molar-refractivity contribution in [3.05, 3.63) is 36.3 Å². The number of hydrogen-bond donors (Lipinski definition) is 3. The highest BCUT2D eigenvalue weighted by Gasteiger charge is 2.08. The summed E-state index contributed by atoms with van der Waals surface area (Å²) in [5.41, 5.74) is 1.10. The van der Waals surface area contributed by atoms with E-state index in [2.05, 4.69) is 25.8 Å². The smallest absolute Gasteiger partial charge is 0.273 e. The standard InChI is InChI=1S/C10H11N5O/c1-11-9-6-8(14-15-9)10(16)13-7-2-4-12-5-3-7/h2-6H,1H3,(H2,11,14,15)(H,12,13,16). The molecule has 82 valence electrons.